The number of benzene rings is 4. The summed E-state index contributed by atoms with van der Waals surface area (Å²) in [5, 5.41) is 0.986. The van der Waals surface area contributed by atoms with E-state index < -0.39 is 0 Å². The Morgan fingerprint density at radius 1 is 0.649 bits per heavy atom. The molecule has 5 heteroatoms. The average Bonchev–Trinajstić information content (AvgIpc) is 2.96. The first-order valence-corrected chi connectivity index (χ1v) is 13.5. The van der Waals surface area contributed by atoms with Gasteiger partial charge in [0.15, 0.2) is 5.17 Å². The molecule has 0 N–H and O–H groups in total. The molecule has 0 aliphatic rings. The maximum absolute atomic E-state index is 5.37. The van der Waals surface area contributed by atoms with E-state index in [1.165, 1.54) is 22.3 Å². The Hall–Kier alpha value is -3.70. The van der Waals surface area contributed by atoms with E-state index in [0.29, 0.717) is 0 Å². The fraction of sp³-hybridized carbons (Fsp3) is 0.219. The van der Waals surface area contributed by atoms with E-state index in [1.807, 2.05) is 24.3 Å². The van der Waals surface area contributed by atoms with Crippen molar-refractivity contribution in [2.45, 2.75) is 32.2 Å². The Morgan fingerprint density at radius 3 is 1.65 bits per heavy atom. The lowest BCUT2D eigenvalue weighted by molar-refractivity contribution is 0.405. The van der Waals surface area contributed by atoms with Crippen LogP contribution in [0, 0.1) is 0 Å². The molecule has 0 saturated carbocycles. The van der Waals surface area contributed by atoms with Crippen LogP contribution in [0.3, 0.4) is 0 Å². The number of thioether (sulfide) groups is 1. The summed E-state index contributed by atoms with van der Waals surface area (Å²) in [6, 6.07) is 35.6. The van der Waals surface area contributed by atoms with Gasteiger partial charge < -0.3 is 14.4 Å². The second-order valence-electron chi connectivity index (χ2n) is 8.74. The normalized spacial score (nSPS) is 11.3. The van der Waals surface area contributed by atoms with E-state index in [9.17, 15) is 0 Å². The third kappa shape index (κ3) is 7.89. The van der Waals surface area contributed by atoms with Gasteiger partial charge in [0.05, 0.1) is 19.9 Å². The van der Waals surface area contributed by atoms with Crippen LogP contribution in [0.25, 0.3) is 0 Å². The molecule has 37 heavy (non-hydrogen) atoms. The lowest BCUT2D eigenvalue weighted by atomic mass is 10.1. The zero-order valence-electron chi connectivity index (χ0n) is 21.8. The van der Waals surface area contributed by atoms with Crippen LogP contribution in [0.2, 0.25) is 0 Å². The van der Waals surface area contributed by atoms with Gasteiger partial charge in [-0.15, -0.1) is 0 Å². The molecule has 0 heterocycles. The van der Waals surface area contributed by atoms with Gasteiger partial charge in [0, 0.05) is 18.8 Å². The molecule has 4 aromatic carbocycles. The topological polar surface area (TPSA) is 34.1 Å². The largest absolute Gasteiger partial charge is 0.497 e. The van der Waals surface area contributed by atoms with Gasteiger partial charge in [-0.1, -0.05) is 85.4 Å². The highest BCUT2D eigenvalue weighted by Crippen LogP contribution is 2.26. The molecule has 0 amide bonds. The predicted molar refractivity (Wildman–Crippen MR) is 156 cm³/mol. The summed E-state index contributed by atoms with van der Waals surface area (Å²) in [5.74, 6) is 2.55. The van der Waals surface area contributed by atoms with Crippen LogP contribution in [0.1, 0.15) is 29.2 Å². The molecule has 0 aliphatic carbocycles. The Balaban J connectivity index is 1.68. The number of nitrogens with zero attached hydrogens (tertiary/aromatic N) is 2. The van der Waals surface area contributed by atoms with E-state index in [1.54, 1.807) is 26.0 Å². The van der Waals surface area contributed by atoms with Gasteiger partial charge in [0.1, 0.15) is 11.5 Å². The summed E-state index contributed by atoms with van der Waals surface area (Å²) >= 11 is 1.77. The fourth-order valence-electron chi connectivity index (χ4n) is 3.93. The number of amidine groups is 1. The van der Waals surface area contributed by atoms with Crippen molar-refractivity contribution in [2.24, 2.45) is 4.99 Å². The molecule has 0 fully saturated rings. The molecule has 0 unspecified atom stereocenters. The Bertz CT molecular complexity index is 1210. The van der Waals surface area contributed by atoms with Crippen molar-refractivity contribution in [3.63, 3.8) is 0 Å². The molecule has 0 spiro atoms. The number of rotatable bonds is 10. The highest BCUT2D eigenvalue weighted by molar-refractivity contribution is 8.13. The van der Waals surface area contributed by atoms with Gasteiger partial charge in [0.25, 0.3) is 0 Å². The van der Waals surface area contributed by atoms with Crippen LogP contribution in [-0.2, 0) is 25.3 Å². The van der Waals surface area contributed by atoms with Crippen molar-refractivity contribution in [3.05, 3.63) is 125 Å². The SMILES string of the molecule is CCc1ccc(N=C(SCc2ccccc2)N(Cc2ccc(OC)cc2)Cc2ccc(OC)cc2)cc1. The Labute approximate surface area is 225 Å². The van der Waals surface area contributed by atoms with Gasteiger partial charge in [-0.05, 0) is 65.1 Å². The van der Waals surface area contributed by atoms with Crippen molar-refractivity contribution in [1.29, 1.82) is 0 Å². The van der Waals surface area contributed by atoms with Crippen molar-refractivity contribution in [3.8, 4) is 11.5 Å². The lowest BCUT2D eigenvalue weighted by Gasteiger charge is -2.26. The third-order valence-electron chi connectivity index (χ3n) is 6.12. The third-order valence-corrected chi connectivity index (χ3v) is 7.20. The van der Waals surface area contributed by atoms with E-state index in [0.717, 1.165) is 47.6 Å². The van der Waals surface area contributed by atoms with Gasteiger partial charge in [-0.25, -0.2) is 4.99 Å². The molecule has 190 valence electrons. The Kier molecular flexibility index (Phi) is 9.67. The van der Waals surface area contributed by atoms with Gasteiger partial charge >= 0.3 is 0 Å². The lowest BCUT2D eigenvalue weighted by Crippen LogP contribution is -2.28. The number of aryl methyl sites for hydroxylation is 1. The molecule has 0 bridgehead atoms. The zero-order chi connectivity index (χ0) is 25.9. The summed E-state index contributed by atoms with van der Waals surface area (Å²) in [6.07, 6.45) is 1.01. The van der Waals surface area contributed by atoms with Crippen LogP contribution in [-0.4, -0.2) is 24.3 Å². The van der Waals surface area contributed by atoms with Crippen LogP contribution in [0.5, 0.6) is 11.5 Å². The first-order chi connectivity index (χ1) is 18.2. The molecule has 0 atom stereocenters. The van der Waals surface area contributed by atoms with Gasteiger partial charge in [-0.2, -0.15) is 0 Å². The first kappa shape index (κ1) is 26.4. The highest BCUT2D eigenvalue weighted by Gasteiger charge is 2.15. The van der Waals surface area contributed by atoms with E-state index in [-0.39, 0.29) is 0 Å². The number of hydrogen-bond donors (Lipinski definition) is 0. The molecular weight excluding hydrogens is 476 g/mol. The van der Waals surface area contributed by atoms with Gasteiger partial charge in [-0.3, -0.25) is 0 Å². The monoisotopic (exact) mass is 510 g/mol. The summed E-state index contributed by atoms with van der Waals surface area (Å²) < 4.78 is 10.7. The second-order valence-corrected chi connectivity index (χ2v) is 9.68. The van der Waals surface area contributed by atoms with Crippen LogP contribution < -0.4 is 9.47 Å². The van der Waals surface area contributed by atoms with E-state index in [2.05, 4.69) is 90.7 Å². The molecule has 0 aliphatic heterocycles. The maximum atomic E-state index is 5.37. The quantitative estimate of drug-likeness (QED) is 0.160. The smallest absolute Gasteiger partial charge is 0.165 e. The number of hydrogen-bond acceptors (Lipinski definition) is 4. The van der Waals surface area contributed by atoms with Crippen molar-refractivity contribution in [2.75, 3.05) is 14.2 Å². The van der Waals surface area contributed by atoms with Crippen LogP contribution in [0.15, 0.2) is 108 Å². The second kappa shape index (κ2) is 13.6. The number of methoxy groups -OCH3 is 2. The highest BCUT2D eigenvalue weighted by atomic mass is 32.2. The van der Waals surface area contributed by atoms with Crippen LogP contribution >= 0.6 is 11.8 Å². The standard InChI is InChI=1S/C32H34N2O2S/c1-4-25-10-16-29(17-11-25)33-32(37-24-28-8-6-5-7-9-28)34(22-26-12-18-30(35-2)19-13-26)23-27-14-20-31(36-3)21-15-27/h5-21H,4,22-24H2,1-3H3. The molecule has 4 aromatic rings. The molecule has 0 radical (unpaired) electrons. The number of ether oxygens (including phenoxy) is 2. The van der Waals surface area contributed by atoms with Crippen molar-refractivity contribution >= 4 is 22.6 Å². The average molecular weight is 511 g/mol. The van der Waals surface area contributed by atoms with Crippen molar-refractivity contribution < 1.29 is 9.47 Å². The minimum Gasteiger partial charge on any atom is -0.497 e. The minimum absolute atomic E-state index is 0.726. The minimum atomic E-state index is 0.726. The summed E-state index contributed by atoms with van der Waals surface area (Å²) in [6.45, 7) is 3.62. The summed E-state index contributed by atoms with van der Waals surface area (Å²) in [4.78, 5) is 7.52. The van der Waals surface area contributed by atoms with E-state index >= 15 is 0 Å². The molecule has 0 saturated heterocycles. The van der Waals surface area contributed by atoms with E-state index in [4.69, 9.17) is 14.5 Å². The summed E-state index contributed by atoms with van der Waals surface area (Å²) in [5.41, 5.74) is 5.94. The van der Waals surface area contributed by atoms with Crippen molar-refractivity contribution in [1.82, 2.24) is 4.90 Å². The predicted octanol–water partition coefficient (Wildman–Crippen LogP) is 7.89. The zero-order valence-corrected chi connectivity index (χ0v) is 22.6. The molecule has 4 nitrogen and oxygen atoms in total. The molecular formula is C32H34N2O2S. The van der Waals surface area contributed by atoms with Crippen LogP contribution in [0.4, 0.5) is 5.69 Å². The maximum Gasteiger partial charge on any atom is 0.165 e. The van der Waals surface area contributed by atoms with Gasteiger partial charge in [0.2, 0.25) is 0 Å². The molecule has 0 aromatic heterocycles. The first-order valence-electron chi connectivity index (χ1n) is 12.5. The Morgan fingerprint density at radius 2 is 1.16 bits per heavy atom. The fourth-order valence-corrected chi connectivity index (χ4v) is 4.90. The number of aliphatic imine (C=N–C) groups is 1. The summed E-state index contributed by atoms with van der Waals surface area (Å²) in [7, 11) is 3.39. The molecule has 4 rings (SSSR count).